The van der Waals surface area contributed by atoms with Crippen molar-refractivity contribution in [2.24, 2.45) is 0 Å². The summed E-state index contributed by atoms with van der Waals surface area (Å²) in [7, 11) is 0. The largest absolute Gasteiger partial charge is 0.381 e. The second-order valence-electron chi connectivity index (χ2n) is 3.47. The molecule has 0 unspecified atom stereocenters. The highest BCUT2D eigenvalue weighted by Crippen LogP contribution is 2.16. The molecule has 0 spiro atoms. The third-order valence-electron chi connectivity index (χ3n) is 2.34. The molecule has 0 fully saturated rings. The van der Waals surface area contributed by atoms with Gasteiger partial charge in [-0.2, -0.15) is 21.9 Å². The van der Waals surface area contributed by atoms with Gasteiger partial charge in [0.05, 0.1) is 11.1 Å². The SMILES string of the molecule is N#Cc1ccc(NCc2ccsc2)cc1C#N. The molecular weight excluding hydrogens is 230 g/mol. The van der Waals surface area contributed by atoms with Gasteiger partial charge >= 0.3 is 0 Å². The fourth-order valence-electron chi connectivity index (χ4n) is 1.44. The first-order valence-corrected chi connectivity index (χ1v) is 5.97. The molecule has 82 valence electrons. The summed E-state index contributed by atoms with van der Waals surface area (Å²) in [6.45, 7) is 0.722. The van der Waals surface area contributed by atoms with Gasteiger partial charge in [-0.05, 0) is 40.6 Å². The molecule has 0 aliphatic rings. The van der Waals surface area contributed by atoms with Crippen LogP contribution in [0.15, 0.2) is 35.0 Å². The van der Waals surface area contributed by atoms with Crippen LogP contribution in [-0.4, -0.2) is 0 Å². The van der Waals surface area contributed by atoms with E-state index in [0.717, 1.165) is 12.2 Å². The highest BCUT2D eigenvalue weighted by Gasteiger charge is 2.02. The Hall–Kier alpha value is -2.30. The zero-order valence-electron chi connectivity index (χ0n) is 8.97. The van der Waals surface area contributed by atoms with Gasteiger partial charge in [0.15, 0.2) is 0 Å². The Balaban J connectivity index is 2.13. The topological polar surface area (TPSA) is 59.6 Å². The van der Waals surface area contributed by atoms with E-state index in [4.69, 9.17) is 10.5 Å². The van der Waals surface area contributed by atoms with Gasteiger partial charge < -0.3 is 5.32 Å². The number of hydrogen-bond acceptors (Lipinski definition) is 4. The van der Waals surface area contributed by atoms with Gasteiger partial charge in [0.25, 0.3) is 0 Å². The summed E-state index contributed by atoms with van der Waals surface area (Å²) in [5.74, 6) is 0. The zero-order valence-corrected chi connectivity index (χ0v) is 9.79. The van der Waals surface area contributed by atoms with E-state index in [1.54, 1.807) is 23.5 Å². The molecule has 1 aromatic heterocycles. The summed E-state index contributed by atoms with van der Waals surface area (Å²) in [4.78, 5) is 0. The maximum atomic E-state index is 8.90. The van der Waals surface area contributed by atoms with Crippen LogP contribution in [0.1, 0.15) is 16.7 Å². The highest BCUT2D eigenvalue weighted by atomic mass is 32.1. The maximum absolute atomic E-state index is 8.90. The minimum atomic E-state index is 0.405. The van der Waals surface area contributed by atoms with Crippen LogP contribution in [0.3, 0.4) is 0 Å². The molecule has 17 heavy (non-hydrogen) atoms. The number of nitrogens with one attached hydrogen (secondary N) is 1. The van der Waals surface area contributed by atoms with E-state index in [9.17, 15) is 0 Å². The molecule has 2 rings (SSSR count). The molecular formula is C13H9N3S. The van der Waals surface area contributed by atoms with Gasteiger partial charge in [-0.1, -0.05) is 0 Å². The fraction of sp³-hybridized carbons (Fsp3) is 0.0769. The van der Waals surface area contributed by atoms with Crippen LogP contribution < -0.4 is 5.32 Å². The summed E-state index contributed by atoms with van der Waals surface area (Å²) >= 11 is 1.65. The van der Waals surface area contributed by atoms with Gasteiger partial charge in [-0.15, -0.1) is 0 Å². The molecule has 0 saturated carbocycles. The molecule has 3 nitrogen and oxygen atoms in total. The third-order valence-corrected chi connectivity index (χ3v) is 3.07. The second kappa shape index (κ2) is 5.16. The number of hydrogen-bond donors (Lipinski definition) is 1. The molecule has 0 amide bonds. The summed E-state index contributed by atoms with van der Waals surface area (Å²) in [5, 5.41) is 25.0. The van der Waals surface area contributed by atoms with E-state index in [-0.39, 0.29) is 0 Å². The number of nitriles is 2. The normalized spacial score (nSPS) is 9.29. The molecule has 0 saturated heterocycles. The van der Waals surface area contributed by atoms with Crippen molar-refractivity contribution in [2.45, 2.75) is 6.54 Å². The summed E-state index contributed by atoms with van der Waals surface area (Å²) < 4.78 is 0. The van der Waals surface area contributed by atoms with Crippen LogP contribution in [0, 0.1) is 22.7 Å². The Kier molecular flexibility index (Phi) is 3.40. The number of nitrogens with zero attached hydrogens (tertiary/aromatic N) is 2. The molecule has 1 N–H and O–H groups in total. The summed E-state index contributed by atoms with van der Waals surface area (Å²) in [6, 6.07) is 11.2. The average Bonchev–Trinajstić information content (AvgIpc) is 2.89. The van der Waals surface area contributed by atoms with Crippen molar-refractivity contribution in [2.75, 3.05) is 5.32 Å². The van der Waals surface area contributed by atoms with E-state index in [1.165, 1.54) is 5.56 Å². The lowest BCUT2D eigenvalue weighted by atomic mass is 10.1. The van der Waals surface area contributed by atoms with Gasteiger partial charge in [0, 0.05) is 12.2 Å². The van der Waals surface area contributed by atoms with Crippen molar-refractivity contribution in [3.63, 3.8) is 0 Å². The third kappa shape index (κ3) is 2.63. The lowest BCUT2D eigenvalue weighted by Gasteiger charge is -2.05. The Morgan fingerprint density at radius 3 is 2.59 bits per heavy atom. The predicted molar refractivity (Wildman–Crippen MR) is 67.5 cm³/mol. The minimum Gasteiger partial charge on any atom is -0.381 e. The molecule has 4 heteroatoms. The molecule has 1 aromatic carbocycles. The van der Waals surface area contributed by atoms with Gasteiger partial charge in [0.2, 0.25) is 0 Å². The first-order chi connectivity index (χ1) is 8.33. The van der Waals surface area contributed by atoms with Crippen molar-refractivity contribution in [1.82, 2.24) is 0 Å². The highest BCUT2D eigenvalue weighted by molar-refractivity contribution is 7.07. The van der Waals surface area contributed by atoms with Crippen LogP contribution in [0.25, 0.3) is 0 Å². The quantitative estimate of drug-likeness (QED) is 0.895. The monoisotopic (exact) mass is 239 g/mol. The van der Waals surface area contributed by atoms with Gasteiger partial charge in [0.1, 0.15) is 12.1 Å². The van der Waals surface area contributed by atoms with E-state index < -0.39 is 0 Å². The summed E-state index contributed by atoms with van der Waals surface area (Å²) in [5.41, 5.74) is 2.88. The zero-order chi connectivity index (χ0) is 12.1. The lowest BCUT2D eigenvalue weighted by molar-refractivity contribution is 1.16. The van der Waals surface area contributed by atoms with Crippen LogP contribution >= 0.6 is 11.3 Å². The van der Waals surface area contributed by atoms with E-state index in [2.05, 4.69) is 10.7 Å². The Morgan fingerprint density at radius 1 is 1.12 bits per heavy atom. The lowest BCUT2D eigenvalue weighted by Crippen LogP contribution is -1.98. The Labute approximate surface area is 104 Å². The van der Waals surface area contributed by atoms with Crippen LogP contribution in [0.2, 0.25) is 0 Å². The average molecular weight is 239 g/mol. The Bertz CT molecular complexity index is 588. The van der Waals surface area contributed by atoms with E-state index in [1.807, 2.05) is 29.7 Å². The molecule has 0 radical (unpaired) electrons. The molecule has 1 heterocycles. The second-order valence-corrected chi connectivity index (χ2v) is 4.25. The molecule has 0 aliphatic heterocycles. The number of anilines is 1. The van der Waals surface area contributed by atoms with Crippen LogP contribution in [0.5, 0.6) is 0 Å². The number of benzene rings is 1. The van der Waals surface area contributed by atoms with Crippen molar-refractivity contribution < 1.29 is 0 Å². The minimum absolute atomic E-state index is 0.405. The number of rotatable bonds is 3. The van der Waals surface area contributed by atoms with Gasteiger partial charge in [-0.25, -0.2) is 0 Å². The Morgan fingerprint density at radius 2 is 1.94 bits per heavy atom. The first kappa shape index (κ1) is 11.2. The van der Waals surface area contributed by atoms with Gasteiger partial charge in [-0.3, -0.25) is 0 Å². The number of thiophene rings is 1. The molecule has 2 aromatic rings. The maximum Gasteiger partial charge on any atom is 0.101 e. The fourth-order valence-corrected chi connectivity index (χ4v) is 2.11. The smallest absolute Gasteiger partial charge is 0.101 e. The van der Waals surface area contributed by atoms with E-state index >= 15 is 0 Å². The van der Waals surface area contributed by atoms with Crippen LogP contribution in [-0.2, 0) is 6.54 Å². The molecule has 0 atom stereocenters. The van der Waals surface area contributed by atoms with Crippen molar-refractivity contribution in [3.05, 3.63) is 51.7 Å². The van der Waals surface area contributed by atoms with Crippen molar-refractivity contribution in [1.29, 1.82) is 10.5 Å². The van der Waals surface area contributed by atoms with Crippen molar-refractivity contribution >= 4 is 17.0 Å². The molecule has 0 bridgehead atoms. The van der Waals surface area contributed by atoms with Crippen molar-refractivity contribution in [3.8, 4) is 12.1 Å². The summed E-state index contributed by atoms with van der Waals surface area (Å²) in [6.07, 6.45) is 0. The van der Waals surface area contributed by atoms with E-state index in [0.29, 0.717) is 11.1 Å². The molecule has 0 aliphatic carbocycles. The predicted octanol–water partition coefficient (Wildman–Crippen LogP) is 3.10. The first-order valence-electron chi connectivity index (χ1n) is 5.02. The standard InChI is InChI=1S/C13H9N3S/c14-6-11-1-2-13(5-12(11)7-15)16-8-10-3-4-17-9-10/h1-5,9,16H,8H2. The van der Waals surface area contributed by atoms with Crippen LogP contribution in [0.4, 0.5) is 5.69 Å².